The van der Waals surface area contributed by atoms with Crippen LogP contribution in [0.5, 0.6) is 0 Å². The van der Waals surface area contributed by atoms with Gasteiger partial charge >= 0.3 is 0 Å². The second kappa shape index (κ2) is 3.86. The lowest BCUT2D eigenvalue weighted by Crippen LogP contribution is -2.28. The van der Waals surface area contributed by atoms with E-state index in [0.717, 1.165) is 13.0 Å². The lowest BCUT2D eigenvalue weighted by atomic mass is 10.3. The summed E-state index contributed by atoms with van der Waals surface area (Å²) >= 11 is 0. The minimum Gasteiger partial charge on any atom is -0.298 e. The third-order valence-electron chi connectivity index (χ3n) is 1.89. The minimum absolute atomic E-state index is 0. The third-order valence-corrected chi connectivity index (χ3v) is 1.89. The Morgan fingerprint density at radius 2 is 2.10 bits per heavy atom. The van der Waals surface area contributed by atoms with E-state index in [1.165, 1.54) is 0 Å². The fraction of sp³-hybridized carbons (Fsp3) is 1.00. The van der Waals surface area contributed by atoms with Gasteiger partial charge in [0.2, 0.25) is 0 Å². The van der Waals surface area contributed by atoms with E-state index in [0.29, 0.717) is 12.6 Å². The van der Waals surface area contributed by atoms with Crippen molar-refractivity contribution < 1.29 is 9.09 Å². The highest BCUT2D eigenvalue weighted by atomic mass is 19.1. The number of halogens is 2. The molecule has 0 aromatic heterocycles. The second-order valence-corrected chi connectivity index (χ2v) is 2.97. The molecule has 10 heavy (non-hydrogen) atoms. The summed E-state index contributed by atoms with van der Waals surface area (Å²) in [7, 11) is 0. The standard InChI is InChI=1S/C7H14FN.FH/c1-6(2)9-4-3-7(8)5-9;/h6-7H,3-5H2,1-2H3;1H. The summed E-state index contributed by atoms with van der Waals surface area (Å²) in [5.74, 6) is 0. The van der Waals surface area contributed by atoms with Crippen LogP contribution in [0.3, 0.4) is 0 Å². The zero-order valence-electron chi connectivity index (χ0n) is 6.51. The molecule has 0 spiro atoms. The van der Waals surface area contributed by atoms with E-state index in [2.05, 4.69) is 18.7 Å². The summed E-state index contributed by atoms with van der Waals surface area (Å²) in [5, 5.41) is 0. The topological polar surface area (TPSA) is 3.24 Å². The number of hydrogen-bond acceptors (Lipinski definition) is 1. The predicted octanol–water partition coefficient (Wildman–Crippen LogP) is 1.59. The van der Waals surface area contributed by atoms with Gasteiger partial charge in [0, 0.05) is 19.1 Å². The molecule has 0 bridgehead atoms. The first-order chi connectivity index (χ1) is 4.20. The van der Waals surface area contributed by atoms with Gasteiger partial charge in [-0.1, -0.05) is 0 Å². The molecule has 1 unspecified atom stereocenters. The van der Waals surface area contributed by atoms with Crippen molar-refractivity contribution in [1.29, 1.82) is 0 Å². The molecular formula is C7H15F2N. The van der Waals surface area contributed by atoms with E-state index in [1.54, 1.807) is 0 Å². The average Bonchev–Trinajstić information content (AvgIpc) is 2.14. The number of rotatable bonds is 1. The van der Waals surface area contributed by atoms with Gasteiger partial charge in [-0.05, 0) is 20.3 Å². The second-order valence-electron chi connectivity index (χ2n) is 2.97. The van der Waals surface area contributed by atoms with E-state index < -0.39 is 6.17 Å². The van der Waals surface area contributed by atoms with Crippen LogP contribution in [0.2, 0.25) is 0 Å². The van der Waals surface area contributed by atoms with Crippen LogP contribution < -0.4 is 0 Å². The van der Waals surface area contributed by atoms with Crippen molar-refractivity contribution in [3.8, 4) is 0 Å². The van der Waals surface area contributed by atoms with E-state index in [9.17, 15) is 4.39 Å². The highest BCUT2D eigenvalue weighted by Crippen LogP contribution is 2.14. The van der Waals surface area contributed by atoms with Crippen molar-refractivity contribution in [2.24, 2.45) is 0 Å². The van der Waals surface area contributed by atoms with E-state index in [-0.39, 0.29) is 4.70 Å². The van der Waals surface area contributed by atoms with Crippen molar-refractivity contribution >= 4 is 0 Å². The predicted molar refractivity (Wildman–Crippen MR) is 38.7 cm³/mol. The number of alkyl halides is 1. The van der Waals surface area contributed by atoms with E-state index >= 15 is 0 Å². The van der Waals surface area contributed by atoms with Crippen LogP contribution >= 0.6 is 0 Å². The van der Waals surface area contributed by atoms with Gasteiger partial charge in [0.25, 0.3) is 0 Å². The first-order valence-electron chi connectivity index (χ1n) is 3.58. The molecule has 0 saturated carbocycles. The molecule has 1 atom stereocenters. The summed E-state index contributed by atoms with van der Waals surface area (Å²) in [6, 6.07) is 0.519. The molecule has 0 N–H and O–H groups in total. The van der Waals surface area contributed by atoms with Gasteiger partial charge in [-0.25, -0.2) is 4.39 Å². The van der Waals surface area contributed by atoms with Gasteiger partial charge in [0.15, 0.2) is 0 Å². The van der Waals surface area contributed by atoms with E-state index in [4.69, 9.17) is 0 Å². The Kier molecular flexibility index (Phi) is 3.79. The summed E-state index contributed by atoms with van der Waals surface area (Å²) in [5.41, 5.74) is 0. The van der Waals surface area contributed by atoms with Gasteiger partial charge in [0.1, 0.15) is 6.17 Å². The summed E-state index contributed by atoms with van der Waals surface area (Å²) < 4.78 is 12.5. The highest BCUT2D eigenvalue weighted by Gasteiger charge is 2.22. The lowest BCUT2D eigenvalue weighted by molar-refractivity contribution is 0.246. The molecule has 1 aliphatic rings. The van der Waals surface area contributed by atoms with Crippen LogP contribution in [0, 0.1) is 0 Å². The maximum Gasteiger partial charge on any atom is 0.114 e. The van der Waals surface area contributed by atoms with E-state index in [1.807, 2.05) is 0 Å². The van der Waals surface area contributed by atoms with Crippen molar-refractivity contribution in [3.63, 3.8) is 0 Å². The van der Waals surface area contributed by atoms with Crippen molar-refractivity contribution in [3.05, 3.63) is 0 Å². The molecule has 1 nitrogen and oxygen atoms in total. The largest absolute Gasteiger partial charge is 0.298 e. The molecule has 0 aliphatic carbocycles. The Morgan fingerprint density at radius 1 is 1.50 bits per heavy atom. The van der Waals surface area contributed by atoms with Gasteiger partial charge < -0.3 is 0 Å². The summed E-state index contributed by atoms with van der Waals surface area (Å²) in [4.78, 5) is 2.17. The van der Waals surface area contributed by atoms with Crippen LogP contribution in [0.25, 0.3) is 0 Å². The van der Waals surface area contributed by atoms with Crippen LogP contribution in [0.4, 0.5) is 9.09 Å². The average molecular weight is 151 g/mol. The van der Waals surface area contributed by atoms with Crippen molar-refractivity contribution in [2.45, 2.75) is 32.5 Å². The van der Waals surface area contributed by atoms with Crippen LogP contribution in [0.15, 0.2) is 0 Å². The normalized spacial score (nSPS) is 27.0. The molecule has 0 amide bonds. The molecule has 0 aromatic rings. The van der Waals surface area contributed by atoms with Crippen LogP contribution in [-0.2, 0) is 0 Å². The number of hydrogen-bond donors (Lipinski definition) is 0. The van der Waals surface area contributed by atoms with Crippen molar-refractivity contribution in [2.75, 3.05) is 13.1 Å². The first kappa shape index (κ1) is 9.82. The molecule has 1 rings (SSSR count). The number of nitrogens with zero attached hydrogens (tertiary/aromatic N) is 1. The fourth-order valence-electron chi connectivity index (χ4n) is 1.21. The molecule has 0 aromatic carbocycles. The Hall–Kier alpha value is -0.180. The Balaban J connectivity index is 0.000000810. The van der Waals surface area contributed by atoms with Crippen molar-refractivity contribution in [1.82, 2.24) is 4.90 Å². The van der Waals surface area contributed by atoms with Gasteiger partial charge in [-0.3, -0.25) is 9.60 Å². The quantitative estimate of drug-likeness (QED) is 0.550. The molecule has 1 heterocycles. The molecule has 62 valence electrons. The van der Waals surface area contributed by atoms with Crippen LogP contribution in [0.1, 0.15) is 20.3 Å². The summed E-state index contributed by atoms with van der Waals surface area (Å²) in [6.45, 7) is 5.81. The molecule has 1 fully saturated rings. The minimum atomic E-state index is -0.563. The molecule has 3 heteroatoms. The molecule has 0 radical (unpaired) electrons. The highest BCUT2D eigenvalue weighted by molar-refractivity contribution is 4.76. The maximum absolute atomic E-state index is 12.5. The maximum atomic E-state index is 12.5. The molecule has 1 saturated heterocycles. The van der Waals surface area contributed by atoms with Gasteiger partial charge in [-0.2, -0.15) is 0 Å². The smallest absolute Gasteiger partial charge is 0.114 e. The monoisotopic (exact) mass is 151 g/mol. The Bertz CT molecular complexity index is 95.6. The SMILES string of the molecule is CC(C)N1CCC(F)C1.F. The van der Waals surface area contributed by atoms with Crippen LogP contribution in [-0.4, -0.2) is 30.2 Å². The summed E-state index contributed by atoms with van der Waals surface area (Å²) in [6.07, 6.45) is 0.172. The number of likely N-dealkylation sites (tertiary alicyclic amines) is 1. The van der Waals surface area contributed by atoms with Gasteiger partial charge in [0.05, 0.1) is 0 Å². The van der Waals surface area contributed by atoms with Gasteiger partial charge in [-0.15, -0.1) is 0 Å². The lowest BCUT2D eigenvalue weighted by Gasteiger charge is -2.18. The zero-order valence-corrected chi connectivity index (χ0v) is 6.51. The molecule has 1 aliphatic heterocycles. The molecular weight excluding hydrogens is 136 g/mol. The Morgan fingerprint density at radius 3 is 2.30 bits per heavy atom. The third kappa shape index (κ3) is 2.21. The Labute approximate surface area is 60.6 Å². The zero-order chi connectivity index (χ0) is 6.85. The fourth-order valence-corrected chi connectivity index (χ4v) is 1.21. The first-order valence-corrected chi connectivity index (χ1v) is 3.58.